The zero-order valence-corrected chi connectivity index (χ0v) is 15.7. The number of benzene rings is 1. The summed E-state index contributed by atoms with van der Waals surface area (Å²) < 4.78 is 26.2. The first kappa shape index (κ1) is 19.5. The molecule has 0 bridgehead atoms. The standard InChI is InChI=1S/C17H28N2O3S/c1-12(2)15-8-7-9-16(13(3)4)17(15)19(23(6,21)22)11-10-18-14(5)20/h7-9,12-13H,10-11H2,1-6H3,(H,18,20). The van der Waals surface area contributed by atoms with Crippen LogP contribution in [0.5, 0.6) is 0 Å². The van der Waals surface area contributed by atoms with Gasteiger partial charge in [-0.1, -0.05) is 45.9 Å². The Kier molecular flexibility index (Phi) is 6.62. The predicted molar refractivity (Wildman–Crippen MR) is 95.5 cm³/mol. The van der Waals surface area contributed by atoms with Crippen LogP contribution in [0.25, 0.3) is 0 Å². The van der Waals surface area contributed by atoms with Crippen molar-refractivity contribution in [2.45, 2.75) is 46.5 Å². The molecule has 0 spiro atoms. The average Bonchev–Trinajstić information content (AvgIpc) is 2.41. The van der Waals surface area contributed by atoms with Gasteiger partial charge < -0.3 is 5.32 Å². The van der Waals surface area contributed by atoms with Crippen LogP contribution in [-0.4, -0.2) is 33.7 Å². The van der Waals surface area contributed by atoms with Crippen LogP contribution in [-0.2, 0) is 14.8 Å². The van der Waals surface area contributed by atoms with Crippen LogP contribution >= 0.6 is 0 Å². The number of anilines is 1. The second-order valence-corrected chi connectivity index (χ2v) is 8.32. The minimum absolute atomic E-state index is 0.167. The molecule has 130 valence electrons. The Balaban J connectivity index is 3.42. The molecule has 1 aromatic carbocycles. The molecule has 0 saturated heterocycles. The number of carbonyl (C=O) groups excluding carboxylic acids is 1. The van der Waals surface area contributed by atoms with Crippen molar-refractivity contribution in [2.75, 3.05) is 23.7 Å². The largest absolute Gasteiger partial charge is 0.355 e. The molecule has 6 heteroatoms. The van der Waals surface area contributed by atoms with Gasteiger partial charge in [-0.05, 0) is 23.0 Å². The SMILES string of the molecule is CC(=O)NCCN(c1c(C(C)C)cccc1C(C)C)S(C)(=O)=O. The summed E-state index contributed by atoms with van der Waals surface area (Å²) in [7, 11) is -3.45. The minimum Gasteiger partial charge on any atom is -0.355 e. The minimum atomic E-state index is -3.45. The van der Waals surface area contributed by atoms with Crippen molar-refractivity contribution in [1.82, 2.24) is 5.32 Å². The molecule has 0 aliphatic rings. The average molecular weight is 340 g/mol. The van der Waals surface area contributed by atoms with E-state index < -0.39 is 10.0 Å². The van der Waals surface area contributed by atoms with Gasteiger partial charge in [0.2, 0.25) is 15.9 Å². The first-order chi connectivity index (χ1) is 10.6. The second-order valence-electron chi connectivity index (χ2n) is 6.41. The number of nitrogens with zero attached hydrogens (tertiary/aromatic N) is 1. The third kappa shape index (κ3) is 5.23. The molecule has 23 heavy (non-hydrogen) atoms. The van der Waals surface area contributed by atoms with Crippen molar-refractivity contribution >= 4 is 21.6 Å². The molecule has 0 radical (unpaired) electrons. The normalized spacial score (nSPS) is 11.8. The maximum atomic E-state index is 12.4. The monoisotopic (exact) mass is 340 g/mol. The van der Waals surface area contributed by atoms with Crippen molar-refractivity contribution < 1.29 is 13.2 Å². The maximum absolute atomic E-state index is 12.4. The Bertz CT molecular complexity index is 626. The number of amides is 1. The zero-order chi connectivity index (χ0) is 17.8. The van der Waals surface area contributed by atoms with Crippen LogP contribution in [0.2, 0.25) is 0 Å². The fourth-order valence-electron chi connectivity index (χ4n) is 2.58. The molecule has 5 nitrogen and oxygen atoms in total. The summed E-state index contributed by atoms with van der Waals surface area (Å²) in [6.07, 6.45) is 1.21. The van der Waals surface area contributed by atoms with E-state index in [2.05, 4.69) is 33.0 Å². The third-order valence-electron chi connectivity index (χ3n) is 3.68. The molecule has 0 aliphatic carbocycles. The van der Waals surface area contributed by atoms with Crippen LogP contribution in [0.3, 0.4) is 0 Å². The molecule has 1 aromatic rings. The highest BCUT2D eigenvalue weighted by molar-refractivity contribution is 7.92. The van der Waals surface area contributed by atoms with Crippen LogP contribution < -0.4 is 9.62 Å². The summed E-state index contributed by atoms with van der Waals surface area (Å²) in [5.41, 5.74) is 2.76. The Morgan fingerprint density at radius 2 is 1.61 bits per heavy atom. The van der Waals surface area contributed by atoms with E-state index >= 15 is 0 Å². The summed E-state index contributed by atoms with van der Waals surface area (Å²) in [6, 6.07) is 5.92. The van der Waals surface area contributed by atoms with Crippen molar-refractivity contribution in [1.29, 1.82) is 0 Å². The van der Waals surface area contributed by atoms with Gasteiger partial charge in [-0.25, -0.2) is 8.42 Å². The predicted octanol–water partition coefficient (Wildman–Crippen LogP) is 2.84. The zero-order valence-electron chi connectivity index (χ0n) is 14.9. The Labute approximate surface area is 140 Å². The molecule has 0 heterocycles. The van der Waals surface area contributed by atoms with Crippen LogP contribution in [0.15, 0.2) is 18.2 Å². The molecule has 0 unspecified atom stereocenters. The number of sulfonamides is 1. The van der Waals surface area contributed by atoms with Crippen molar-refractivity contribution in [2.24, 2.45) is 0 Å². The maximum Gasteiger partial charge on any atom is 0.232 e. The van der Waals surface area contributed by atoms with E-state index in [-0.39, 0.29) is 30.8 Å². The van der Waals surface area contributed by atoms with E-state index in [1.807, 2.05) is 18.2 Å². The van der Waals surface area contributed by atoms with Gasteiger partial charge in [0, 0.05) is 13.5 Å². The fraction of sp³-hybridized carbons (Fsp3) is 0.588. The number of rotatable bonds is 7. The van der Waals surface area contributed by atoms with Gasteiger partial charge in [0.05, 0.1) is 18.5 Å². The summed E-state index contributed by atoms with van der Waals surface area (Å²) in [5, 5.41) is 2.67. The van der Waals surface area contributed by atoms with E-state index in [1.165, 1.54) is 17.5 Å². The van der Waals surface area contributed by atoms with Gasteiger partial charge in [-0.2, -0.15) is 0 Å². The van der Waals surface area contributed by atoms with Crippen LogP contribution in [0.1, 0.15) is 57.6 Å². The molecule has 1 rings (SSSR count). The van der Waals surface area contributed by atoms with Gasteiger partial charge >= 0.3 is 0 Å². The number of hydrogen-bond acceptors (Lipinski definition) is 3. The van der Waals surface area contributed by atoms with E-state index in [0.717, 1.165) is 16.8 Å². The molecular weight excluding hydrogens is 312 g/mol. The first-order valence-corrected chi connectivity index (χ1v) is 9.75. The lowest BCUT2D eigenvalue weighted by atomic mass is 9.92. The molecule has 0 fully saturated rings. The molecule has 0 saturated carbocycles. The van der Waals surface area contributed by atoms with Gasteiger partial charge in [-0.3, -0.25) is 9.10 Å². The summed E-state index contributed by atoms with van der Waals surface area (Å²) >= 11 is 0. The number of para-hydroxylation sites is 1. The van der Waals surface area contributed by atoms with Crippen LogP contribution in [0, 0.1) is 0 Å². The summed E-state index contributed by atoms with van der Waals surface area (Å²) in [5.74, 6) is 0.238. The molecule has 0 aliphatic heterocycles. The number of hydrogen-bond donors (Lipinski definition) is 1. The molecule has 0 aromatic heterocycles. The third-order valence-corrected chi connectivity index (χ3v) is 4.85. The van der Waals surface area contributed by atoms with Gasteiger partial charge in [0.25, 0.3) is 0 Å². The van der Waals surface area contributed by atoms with E-state index in [4.69, 9.17) is 0 Å². The Hall–Kier alpha value is -1.56. The van der Waals surface area contributed by atoms with E-state index in [0.29, 0.717) is 0 Å². The smallest absolute Gasteiger partial charge is 0.232 e. The van der Waals surface area contributed by atoms with Crippen molar-refractivity contribution in [3.63, 3.8) is 0 Å². The van der Waals surface area contributed by atoms with Gasteiger partial charge in [0.1, 0.15) is 0 Å². The molecular formula is C17H28N2O3S. The lowest BCUT2D eigenvalue weighted by Crippen LogP contribution is -2.38. The quantitative estimate of drug-likeness (QED) is 0.830. The van der Waals surface area contributed by atoms with E-state index in [1.54, 1.807) is 0 Å². The Morgan fingerprint density at radius 1 is 1.13 bits per heavy atom. The number of carbonyl (C=O) groups is 1. The number of nitrogens with one attached hydrogen (secondary N) is 1. The first-order valence-electron chi connectivity index (χ1n) is 7.90. The molecule has 1 amide bonds. The lowest BCUT2D eigenvalue weighted by Gasteiger charge is -2.30. The molecule has 1 N–H and O–H groups in total. The Morgan fingerprint density at radius 3 is 1.96 bits per heavy atom. The fourth-order valence-corrected chi connectivity index (χ4v) is 3.54. The summed E-state index contributed by atoms with van der Waals surface area (Å²) in [4.78, 5) is 11.1. The highest BCUT2D eigenvalue weighted by Gasteiger charge is 2.25. The van der Waals surface area contributed by atoms with Crippen molar-refractivity contribution in [3.05, 3.63) is 29.3 Å². The highest BCUT2D eigenvalue weighted by Crippen LogP contribution is 2.36. The van der Waals surface area contributed by atoms with Gasteiger partial charge in [-0.15, -0.1) is 0 Å². The lowest BCUT2D eigenvalue weighted by molar-refractivity contribution is -0.118. The topological polar surface area (TPSA) is 66.5 Å². The summed E-state index contributed by atoms with van der Waals surface area (Å²) in [6.45, 7) is 10.1. The molecule has 0 atom stereocenters. The van der Waals surface area contributed by atoms with E-state index in [9.17, 15) is 13.2 Å². The van der Waals surface area contributed by atoms with Gasteiger partial charge in [0.15, 0.2) is 0 Å². The highest BCUT2D eigenvalue weighted by atomic mass is 32.2. The van der Waals surface area contributed by atoms with Crippen molar-refractivity contribution in [3.8, 4) is 0 Å². The van der Waals surface area contributed by atoms with Crippen LogP contribution in [0.4, 0.5) is 5.69 Å². The second kappa shape index (κ2) is 7.81.